The number of fused-ring (bicyclic) bond motifs is 1. The standard InChI is InChI=1S/C18H17FN4O/c19-13-3-1-12(2-4-13)16(24)11-23(14-5-6-14)17-8-7-15-18(22-17)21-10-9-20-15/h1-4,7-10,14,16,24H,5-6,11H2. The normalized spacial score (nSPS) is 15.4. The van der Waals surface area contributed by atoms with Crippen LogP contribution in [0.2, 0.25) is 0 Å². The summed E-state index contributed by atoms with van der Waals surface area (Å²) in [6, 6.07) is 10.1. The van der Waals surface area contributed by atoms with Crippen molar-refractivity contribution in [3.63, 3.8) is 0 Å². The Kier molecular flexibility index (Phi) is 3.82. The number of pyridine rings is 1. The Bertz CT molecular complexity index is 851. The van der Waals surface area contributed by atoms with Gasteiger partial charge in [-0.1, -0.05) is 12.1 Å². The molecule has 2 heterocycles. The van der Waals surface area contributed by atoms with E-state index in [1.54, 1.807) is 24.5 Å². The van der Waals surface area contributed by atoms with E-state index in [1.807, 2.05) is 12.1 Å². The van der Waals surface area contributed by atoms with E-state index in [1.165, 1.54) is 12.1 Å². The third-order valence-corrected chi connectivity index (χ3v) is 4.22. The molecule has 0 aliphatic heterocycles. The van der Waals surface area contributed by atoms with Crippen molar-refractivity contribution in [1.29, 1.82) is 0 Å². The zero-order chi connectivity index (χ0) is 16.5. The van der Waals surface area contributed by atoms with Gasteiger partial charge in [0.05, 0.1) is 6.10 Å². The highest BCUT2D eigenvalue weighted by atomic mass is 19.1. The number of aromatic nitrogens is 3. The number of rotatable bonds is 5. The molecule has 1 aliphatic rings. The fourth-order valence-electron chi connectivity index (χ4n) is 2.80. The molecule has 4 rings (SSSR count). The van der Waals surface area contributed by atoms with Crippen LogP contribution in [0, 0.1) is 5.82 Å². The molecule has 1 aromatic carbocycles. The largest absolute Gasteiger partial charge is 0.387 e. The van der Waals surface area contributed by atoms with Gasteiger partial charge in [0, 0.05) is 25.0 Å². The molecule has 1 N–H and O–H groups in total. The van der Waals surface area contributed by atoms with Gasteiger partial charge < -0.3 is 10.0 Å². The minimum Gasteiger partial charge on any atom is -0.387 e. The minimum atomic E-state index is -0.703. The molecule has 122 valence electrons. The topological polar surface area (TPSA) is 62.1 Å². The summed E-state index contributed by atoms with van der Waals surface area (Å²) in [5, 5.41) is 10.5. The quantitative estimate of drug-likeness (QED) is 0.782. The number of benzene rings is 1. The Balaban J connectivity index is 1.60. The lowest BCUT2D eigenvalue weighted by Gasteiger charge is -2.26. The van der Waals surface area contributed by atoms with Crippen LogP contribution in [0.5, 0.6) is 0 Å². The van der Waals surface area contributed by atoms with Gasteiger partial charge in [-0.2, -0.15) is 0 Å². The molecule has 2 aromatic heterocycles. The first kappa shape index (κ1) is 15.0. The van der Waals surface area contributed by atoms with Crippen molar-refractivity contribution in [2.24, 2.45) is 0 Å². The Morgan fingerprint density at radius 3 is 2.58 bits per heavy atom. The van der Waals surface area contributed by atoms with Crippen molar-refractivity contribution in [2.45, 2.75) is 25.0 Å². The molecule has 3 aromatic rings. The molecule has 0 spiro atoms. The SMILES string of the molecule is OC(CN(c1ccc2nccnc2n1)C1CC1)c1ccc(F)cc1. The smallest absolute Gasteiger partial charge is 0.180 e. The Hall–Kier alpha value is -2.60. The second kappa shape index (κ2) is 6.13. The Labute approximate surface area is 138 Å². The monoisotopic (exact) mass is 324 g/mol. The summed E-state index contributed by atoms with van der Waals surface area (Å²) in [7, 11) is 0. The van der Waals surface area contributed by atoms with Crippen molar-refractivity contribution in [3.05, 3.63) is 60.2 Å². The van der Waals surface area contributed by atoms with Crippen LogP contribution in [0.3, 0.4) is 0 Å². The fourth-order valence-corrected chi connectivity index (χ4v) is 2.80. The van der Waals surface area contributed by atoms with Gasteiger partial charge in [-0.15, -0.1) is 0 Å². The van der Waals surface area contributed by atoms with Gasteiger partial charge in [0.25, 0.3) is 0 Å². The molecule has 0 bridgehead atoms. The third kappa shape index (κ3) is 3.05. The Morgan fingerprint density at radius 2 is 1.83 bits per heavy atom. The van der Waals surface area contributed by atoms with Crippen LogP contribution in [0.15, 0.2) is 48.8 Å². The van der Waals surface area contributed by atoms with Crippen molar-refractivity contribution in [3.8, 4) is 0 Å². The van der Waals surface area contributed by atoms with Gasteiger partial charge in [-0.3, -0.25) is 4.98 Å². The fraction of sp³-hybridized carbons (Fsp3) is 0.278. The first-order chi connectivity index (χ1) is 11.7. The molecular weight excluding hydrogens is 307 g/mol. The summed E-state index contributed by atoms with van der Waals surface area (Å²) in [5.41, 5.74) is 2.04. The Morgan fingerprint density at radius 1 is 1.08 bits per heavy atom. The van der Waals surface area contributed by atoms with E-state index in [0.717, 1.165) is 24.2 Å². The van der Waals surface area contributed by atoms with Gasteiger partial charge in [0.2, 0.25) is 0 Å². The van der Waals surface area contributed by atoms with Crippen molar-refractivity contribution >= 4 is 17.0 Å². The lowest BCUT2D eigenvalue weighted by molar-refractivity contribution is 0.182. The zero-order valence-electron chi connectivity index (χ0n) is 13.0. The van der Waals surface area contributed by atoms with Crippen molar-refractivity contribution < 1.29 is 9.50 Å². The van der Waals surface area contributed by atoms with Crippen LogP contribution >= 0.6 is 0 Å². The lowest BCUT2D eigenvalue weighted by atomic mass is 10.1. The predicted octanol–water partition coefficient (Wildman–Crippen LogP) is 2.87. The van der Waals surface area contributed by atoms with Gasteiger partial charge in [-0.25, -0.2) is 14.4 Å². The van der Waals surface area contributed by atoms with Crippen LogP contribution in [0.1, 0.15) is 24.5 Å². The number of anilines is 1. The lowest BCUT2D eigenvalue weighted by Crippen LogP contribution is -2.31. The number of halogens is 1. The average molecular weight is 324 g/mol. The van der Waals surface area contributed by atoms with Gasteiger partial charge in [0.1, 0.15) is 17.2 Å². The molecular formula is C18H17FN4O. The van der Waals surface area contributed by atoms with Crippen LogP contribution in [-0.2, 0) is 0 Å². The van der Waals surface area contributed by atoms with E-state index in [4.69, 9.17) is 0 Å². The molecule has 0 radical (unpaired) electrons. The molecule has 1 saturated carbocycles. The number of hydrogen-bond donors (Lipinski definition) is 1. The van der Waals surface area contributed by atoms with Crippen molar-refractivity contribution in [1.82, 2.24) is 15.0 Å². The van der Waals surface area contributed by atoms with Crippen LogP contribution in [-0.4, -0.2) is 32.6 Å². The summed E-state index contributed by atoms with van der Waals surface area (Å²) in [6.07, 6.45) is 4.71. The number of aliphatic hydroxyl groups excluding tert-OH is 1. The van der Waals surface area contributed by atoms with E-state index in [9.17, 15) is 9.50 Å². The molecule has 5 nitrogen and oxygen atoms in total. The zero-order valence-corrected chi connectivity index (χ0v) is 13.0. The number of hydrogen-bond acceptors (Lipinski definition) is 5. The predicted molar refractivity (Wildman–Crippen MR) is 89.1 cm³/mol. The molecule has 0 amide bonds. The van der Waals surface area contributed by atoms with Gasteiger partial charge in [-0.05, 0) is 42.7 Å². The van der Waals surface area contributed by atoms with E-state index in [0.29, 0.717) is 23.8 Å². The van der Waals surface area contributed by atoms with Crippen LogP contribution < -0.4 is 4.90 Å². The maximum absolute atomic E-state index is 13.0. The summed E-state index contributed by atoms with van der Waals surface area (Å²) < 4.78 is 13.0. The van der Waals surface area contributed by atoms with Gasteiger partial charge in [0.15, 0.2) is 5.65 Å². The molecule has 1 fully saturated rings. The molecule has 1 unspecified atom stereocenters. The van der Waals surface area contributed by atoms with Crippen molar-refractivity contribution in [2.75, 3.05) is 11.4 Å². The first-order valence-electron chi connectivity index (χ1n) is 7.98. The third-order valence-electron chi connectivity index (χ3n) is 4.22. The molecule has 1 aliphatic carbocycles. The highest BCUT2D eigenvalue weighted by Gasteiger charge is 2.31. The van der Waals surface area contributed by atoms with Crippen LogP contribution in [0.25, 0.3) is 11.2 Å². The first-order valence-corrected chi connectivity index (χ1v) is 7.98. The maximum atomic E-state index is 13.0. The summed E-state index contributed by atoms with van der Waals surface area (Å²) in [6.45, 7) is 0.412. The van der Waals surface area contributed by atoms with E-state index < -0.39 is 6.10 Å². The average Bonchev–Trinajstić information content (AvgIpc) is 3.44. The summed E-state index contributed by atoms with van der Waals surface area (Å²) >= 11 is 0. The summed E-state index contributed by atoms with van der Waals surface area (Å²) in [5.74, 6) is 0.478. The molecule has 24 heavy (non-hydrogen) atoms. The maximum Gasteiger partial charge on any atom is 0.180 e. The molecule has 6 heteroatoms. The van der Waals surface area contributed by atoms with E-state index in [2.05, 4.69) is 19.9 Å². The van der Waals surface area contributed by atoms with Crippen LogP contribution in [0.4, 0.5) is 10.2 Å². The number of aliphatic hydroxyl groups is 1. The number of nitrogens with zero attached hydrogens (tertiary/aromatic N) is 4. The van der Waals surface area contributed by atoms with Gasteiger partial charge >= 0.3 is 0 Å². The van der Waals surface area contributed by atoms with E-state index >= 15 is 0 Å². The minimum absolute atomic E-state index is 0.306. The second-order valence-electron chi connectivity index (χ2n) is 6.02. The van der Waals surface area contributed by atoms with E-state index in [-0.39, 0.29) is 5.82 Å². The second-order valence-corrected chi connectivity index (χ2v) is 6.02. The highest BCUT2D eigenvalue weighted by molar-refractivity contribution is 5.71. The summed E-state index contributed by atoms with van der Waals surface area (Å²) in [4.78, 5) is 15.2. The molecule has 1 atom stereocenters. The highest BCUT2D eigenvalue weighted by Crippen LogP contribution is 2.33. The molecule has 0 saturated heterocycles.